The Morgan fingerprint density at radius 1 is 1.16 bits per heavy atom. The predicted molar refractivity (Wildman–Crippen MR) is 131 cm³/mol. The van der Waals surface area contributed by atoms with Crippen molar-refractivity contribution in [1.29, 1.82) is 0 Å². The topological polar surface area (TPSA) is 54.9 Å². The number of fused-ring (bicyclic) bond motifs is 1. The quantitative estimate of drug-likeness (QED) is 0.568. The first-order valence-corrected chi connectivity index (χ1v) is 11.0. The highest BCUT2D eigenvalue weighted by atomic mass is 15.3. The molecule has 0 aromatic heterocycles. The molecule has 3 heterocycles. The molecular formula is C25H32N6. The van der Waals surface area contributed by atoms with Crippen molar-refractivity contribution >= 4 is 22.9 Å². The minimum Gasteiger partial charge on any atom is -0.385 e. The van der Waals surface area contributed by atoms with Gasteiger partial charge in [0.1, 0.15) is 5.82 Å². The van der Waals surface area contributed by atoms with Crippen molar-refractivity contribution in [2.45, 2.75) is 33.1 Å². The van der Waals surface area contributed by atoms with Crippen LogP contribution in [0.25, 0.3) is 5.70 Å². The Morgan fingerprint density at radius 3 is 2.65 bits per heavy atom. The van der Waals surface area contributed by atoms with E-state index in [2.05, 4.69) is 82.5 Å². The number of aliphatic imine (C=N–C) groups is 1. The second kappa shape index (κ2) is 8.76. The predicted octanol–water partition coefficient (Wildman–Crippen LogP) is 5.03. The van der Waals surface area contributed by atoms with Crippen LogP contribution in [0.5, 0.6) is 0 Å². The smallest absolute Gasteiger partial charge is 0.152 e. The summed E-state index contributed by atoms with van der Waals surface area (Å²) in [4.78, 5) is 9.14. The first-order chi connectivity index (χ1) is 15.0. The molecule has 0 aliphatic carbocycles. The highest BCUT2D eigenvalue weighted by Crippen LogP contribution is 2.37. The Morgan fingerprint density at radius 2 is 1.90 bits per heavy atom. The highest BCUT2D eigenvalue weighted by Gasteiger charge is 2.27. The van der Waals surface area contributed by atoms with Crippen molar-refractivity contribution < 1.29 is 0 Å². The van der Waals surface area contributed by atoms with Crippen molar-refractivity contribution in [2.24, 2.45) is 4.99 Å². The fourth-order valence-electron chi connectivity index (χ4n) is 4.19. The molecule has 4 rings (SSSR count). The molecule has 0 spiro atoms. The summed E-state index contributed by atoms with van der Waals surface area (Å²) in [6.45, 7) is 19.9. The summed E-state index contributed by atoms with van der Waals surface area (Å²) < 4.78 is 0. The first-order valence-electron chi connectivity index (χ1n) is 11.0. The monoisotopic (exact) mass is 416 g/mol. The second-order valence-corrected chi connectivity index (χ2v) is 8.13. The van der Waals surface area contributed by atoms with Gasteiger partial charge in [-0.3, -0.25) is 0 Å². The van der Waals surface area contributed by atoms with E-state index in [0.717, 1.165) is 77.3 Å². The average molecular weight is 417 g/mol. The Hall–Kier alpha value is -3.41. The van der Waals surface area contributed by atoms with E-state index in [1.807, 2.05) is 12.4 Å². The van der Waals surface area contributed by atoms with E-state index in [0.29, 0.717) is 0 Å². The van der Waals surface area contributed by atoms with Crippen LogP contribution in [-0.2, 0) is 0 Å². The van der Waals surface area contributed by atoms with E-state index in [4.69, 9.17) is 0 Å². The van der Waals surface area contributed by atoms with Gasteiger partial charge >= 0.3 is 0 Å². The van der Waals surface area contributed by atoms with Gasteiger partial charge in [0.05, 0.1) is 22.8 Å². The lowest BCUT2D eigenvalue weighted by molar-refractivity contribution is 0.501. The number of rotatable bonds is 6. The molecule has 3 aliphatic heterocycles. The van der Waals surface area contributed by atoms with Crippen LogP contribution in [0.4, 0.5) is 11.4 Å². The SMILES string of the molecule is C=C1Nc2ccc(/C(=C(/C)C(=C)NCCC)N3C=CN=C(N4CCCC4)C3=C)cc2N1. The molecule has 162 valence electrons. The zero-order valence-corrected chi connectivity index (χ0v) is 18.6. The van der Waals surface area contributed by atoms with Crippen molar-refractivity contribution in [3.05, 3.63) is 78.7 Å². The van der Waals surface area contributed by atoms with Gasteiger partial charge in [0.25, 0.3) is 0 Å². The van der Waals surface area contributed by atoms with Gasteiger partial charge in [-0.15, -0.1) is 0 Å². The van der Waals surface area contributed by atoms with Gasteiger partial charge in [0.15, 0.2) is 5.84 Å². The zero-order chi connectivity index (χ0) is 22.0. The number of nitrogens with one attached hydrogen (secondary N) is 3. The van der Waals surface area contributed by atoms with Crippen LogP contribution in [0.3, 0.4) is 0 Å². The lowest BCUT2D eigenvalue weighted by Gasteiger charge is -2.34. The van der Waals surface area contributed by atoms with Crippen molar-refractivity contribution in [1.82, 2.24) is 15.1 Å². The summed E-state index contributed by atoms with van der Waals surface area (Å²) in [5.41, 5.74) is 7.04. The van der Waals surface area contributed by atoms with Crippen LogP contribution < -0.4 is 16.0 Å². The van der Waals surface area contributed by atoms with Crippen molar-refractivity contribution in [3.8, 4) is 0 Å². The summed E-state index contributed by atoms with van der Waals surface area (Å²) in [6.07, 6.45) is 7.30. The summed E-state index contributed by atoms with van der Waals surface area (Å²) in [5, 5.41) is 10.0. The standard InChI is InChI=1S/C25H32N6/c1-6-11-26-18(3)17(2)24(21-9-10-22-23(16-21)29-20(5)28-22)31-15-12-27-25(19(31)4)30-13-7-8-14-30/h9-10,12,15-16,26,28-29H,3-8,11,13-14H2,1-2H3/b24-17+. The molecule has 0 atom stereocenters. The highest BCUT2D eigenvalue weighted by molar-refractivity contribution is 6.00. The maximum absolute atomic E-state index is 4.67. The molecule has 6 nitrogen and oxygen atoms in total. The summed E-state index contributed by atoms with van der Waals surface area (Å²) >= 11 is 0. The van der Waals surface area contributed by atoms with Crippen LogP contribution in [0, 0.1) is 0 Å². The van der Waals surface area contributed by atoms with E-state index in [-0.39, 0.29) is 0 Å². The second-order valence-electron chi connectivity index (χ2n) is 8.13. The molecule has 1 aromatic rings. The van der Waals surface area contributed by atoms with Gasteiger partial charge in [-0.05, 0) is 43.9 Å². The van der Waals surface area contributed by atoms with E-state index >= 15 is 0 Å². The van der Waals surface area contributed by atoms with Crippen LogP contribution in [0.2, 0.25) is 0 Å². The Bertz CT molecular complexity index is 1010. The molecule has 0 bridgehead atoms. The van der Waals surface area contributed by atoms with Gasteiger partial charge in [-0.2, -0.15) is 0 Å². The number of hydrogen-bond donors (Lipinski definition) is 3. The van der Waals surface area contributed by atoms with Gasteiger partial charge < -0.3 is 25.8 Å². The molecule has 1 fully saturated rings. The summed E-state index contributed by atoms with van der Waals surface area (Å²) in [7, 11) is 0. The molecule has 31 heavy (non-hydrogen) atoms. The number of amidine groups is 1. The normalized spacial score (nSPS) is 18.3. The molecule has 1 saturated heterocycles. The summed E-state index contributed by atoms with van der Waals surface area (Å²) in [5.74, 6) is 1.74. The molecule has 0 amide bonds. The Kier molecular flexibility index (Phi) is 5.89. The lowest BCUT2D eigenvalue weighted by Crippen LogP contribution is -2.36. The lowest BCUT2D eigenvalue weighted by atomic mass is 10.0. The van der Waals surface area contributed by atoms with E-state index in [1.165, 1.54) is 12.8 Å². The third-order valence-corrected chi connectivity index (χ3v) is 5.87. The zero-order valence-electron chi connectivity index (χ0n) is 18.6. The average Bonchev–Trinajstić information content (AvgIpc) is 3.42. The van der Waals surface area contributed by atoms with Gasteiger partial charge in [0, 0.05) is 43.3 Å². The number of hydrogen-bond acceptors (Lipinski definition) is 6. The molecule has 3 aliphatic rings. The first kappa shape index (κ1) is 20.8. The van der Waals surface area contributed by atoms with E-state index in [1.54, 1.807) is 0 Å². The van der Waals surface area contributed by atoms with Crippen LogP contribution in [-0.4, -0.2) is 35.3 Å². The van der Waals surface area contributed by atoms with Gasteiger partial charge in [0.2, 0.25) is 0 Å². The number of likely N-dealkylation sites (tertiary alicyclic amines) is 1. The van der Waals surface area contributed by atoms with Crippen molar-refractivity contribution in [3.63, 3.8) is 0 Å². The largest absolute Gasteiger partial charge is 0.385 e. The number of allylic oxidation sites excluding steroid dienone is 1. The van der Waals surface area contributed by atoms with Crippen LogP contribution in [0.1, 0.15) is 38.7 Å². The minimum absolute atomic E-state index is 0.786. The van der Waals surface area contributed by atoms with E-state index < -0.39 is 0 Å². The molecule has 0 saturated carbocycles. The van der Waals surface area contributed by atoms with Gasteiger partial charge in [-0.25, -0.2) is 4.99 Å². The number of nitrogens with zero attached hydrogens (tertiary/aromatic N) is 3. The third kappa shape index (κ3) is 4.10. The molecule has 0 unspecified atom stereocenters. The maximum atomic E-state index is 4.67. The fourth-order valence-corrected chi connectivity index (χ4v) is 4.19. The van der Waals surface area contributed by atoms with Gasteiger partial charge in [-0.1, -0.05) is 32.7 Å². The number of anilines is 2. The molecule has 0 radical (unpaired) electrons. The molecule has 1 aromatic carbocycles. The fraction of sp³-hybridized carbons (Fsp3) is 0.320. The van der Waals surface area contributed by atoms with Crippen LogP contribution >= 0.6 is 0 Å². The van der Waals surface area contributed by atoms with Crippen LogP contribution in [0.15, 0.2) is 78.1 Å². The molecular weight excluding hydrogens is 384 g/mol. The van der Waals surface area contributed by atoms with Crippen molar-refractivity contribution in [2.75, 3.05) is 30.3 Å². The van der Waals surface area contributed by atoms with E-state index in [9.17, 15) is 0 Å². The number of benzene rings is 1. The molecule has 3 N–H and O–H groups in total. The minimum atomic E-state index is 0.786. The third-order valence-electron chi connectivity index (χ3n) is 5.87. The summed E-state index contributed by atoms with van der Waals surface area (Å²) in [6, 6.07) is 6.35. The Balaban J connectivity index is 1.75. The Labute approximate surface area is 185 Å². The molecule has 6 heteroatoms. The maximum Gasteiger partial charge on any atom is 0.152 e.